The van der Waals surface area contributed by atoms with E-state index in [9.17, 15) is 4.39 Å². The molecule has 1 aromatic carbocycles. The summed E-state index contributed by atoms with van der Waals surface area (Å²) in [5, 5.41) is 14.8. The van der Waals surface area contributed by atoms with E-state index in [4.69, 9.17) is 15.7 Å². The number of aromatic nitrogens is 1. The first-order valence-corrected chi connectivity index (χ1v) is 6.15. The number of nitrogens with zero attached hydrogens (tertiary/aromatic N) is 2. The van der Waals surface area contributed by atoms with Gasteiger partial charge in [-0.05, 0) is 18.2 Å². The van der Waals surface area contributed by atoms with Crippen LogP contribution in [-0.2, 0) is 6.54 Å². The molecule has 7 heteroatoms. The molecular weight excluding hydrogens is 275 g/mol. The Bertz CT molecular complexity index is 661. The van der Waals surface area contributed by atoms with Gasteiger partial charge in [-0.1, -0.05) is 11.2 Å². The second-order valence-electron chi connectivity index (χ2n) is 4.20. The Morgan fingerprint density at radius 1 is 1.48 bits per heavy atom. The number of anilines is 1. The summed E-state index contributed by atoms with van der Waals surface area (Å²) in [6.07, 6.45) is 1.55. The normalized spacial score (nSPS) is 11.2. The number of hydrogen-bond donors (Lipinski definition) is 3. The maximum atomic E-state index is 13.3. The van der Waals surface area contributed by atoms with E-state index in [-0.39, 0.29) is 11.6 Å². The highest BCUT2D eigenvalue weighted by Crippen LogP contribution is 2.22. The molecule has 0 aliphatic carbocycles. The topological polar surface area (TPSA) is 92.8 Å². The first-order valence-electron chi connectivity index (χ1n) is 6.15. The summed E-state index contributed by atoms with van der Waals surface area (Å²) in [7, 11) is 1.40. The average Bonchev–Trinajstić information content (AvgIpc) is 2.53. The number of amidine groups is 1. The third-order valence-corrected chi connectivity index (χ3v) is 2.88. The van der Waals surface area contributed by atoms with E-state index in [0.717, 1.165) is 5.56 Å². The maximum Gasteiger partial charge on any atom is 0.189 e. The Kier molecular flexibility index (Phi) is 4.55. The van der Waals surface area contributed by atoms with Crippen molar-refractivity contribution >= 4 is 11.5 Å². The van der Waals surface area contributed by atoms with Crippen LogP contribution in [0.25, 0.3) is 0 Å². The Balaban J connectivity index is 2.17. The molecule has 0 amide bonds. The molecule has 0 bridgehead atoms. The fraction of sp³-hybridized carbons (Fsp3) is 0.143. The summed E-state index contributed by atoms with van der Waals surface area (Å²) < 4.78 is 18.2. The minimum Gasteiger partial charge on any atom is -0.494 e. The van der Waals surface area contributed by atoms with Crippen molar-refractivity contribution in [1.82, 2.24) is 4.98 Å². The second-order valence-corrected chi connectivity index (χ2v) is 4.20. The second kappa shape index (κ2) is 6.56. The van der Waals surface area contributed by atoms with E-state index in [0.29, 0.717) is 17.9 Å². The zero-order valence-electron chi connectivity index (χ0n) is 11.4. The molecule has 0 fully saturated rings. The molecule has 21 heavy (non-hydrogen) atoms. The molecule has 0 saturated carbocycles. The Morgan fingerprint density at radius 2 is 2.29 bits per heavy atom. The summed E-state index contributed by atoms with van der Waals surface area (Å²) in [4.78, 5) is 4.07. The van der Waals surface area contributed by atoms with Gasteiger partial charge in [-0.2, -0.15) is 0 Å². The van der Waals surface area contributed by atoms with E-state index in [1.165, 1.54) is 13.2 Å². The number of nitrogens with two attached hydrogens (primary N) is 1. The predicted molar refractivity (Wildman–Crippen MR) is 77.0 cm³/mol. The van der Waals surface area contributed by atoms with Gasteiger partial charge in [0.05, 0.1) is 7.11 Å². The lowest BCUT2D eigenvalue weighted by atomic mass is 10.1. The molecule has 4 N–H and O–H groups in total. The third-order valence-electron chi connectivity index (χ3n) is 2.88. The lowest BCUT2D eigenvalue weighted by Gasteiger charge is -2.11. The summed E-state index contributed by atoms with van der Waals surface area (Å²) in [6.45, 7) is 0.383. The van der Waals surface area contributed by atoms with Crippen LogP contribution in [0.4, 0.5) is 10.1 Å². The van der Waals surface area contributed by atoms with Gasteiger partial charge in [-0.15, -0.1) is 0 Å². The summed E-state index contributed by atoms with van der Waals surface area (Å²) in [5.74, 6) is -0.339. The zero-order valence-corrected chi connectivity index (χ0v) is 11.4. The van der Waals surface area contributed by atoms with Crippen LogP contribution in [0.2, 0.25) is 0 Å². The van der Waals surface area contributed by atoms with Crippen molar-refractivity contribution in [3.8, 4) is 5.75 Å². The highest BCUT2D eigenvalue weighted by molar-refractivity contribution is 5.96. The summed E-state index contributed by atoms with van der Waals surface area (Å²) >= 11 is 0. The van der Waals surface area contributed by atoms with Gasteiger partial charge >= 0.3 is 0 Å². The highest BCUT2D eigenvalue weighted by atomic mass is 19.1. The Labute approximate surface area is 121 Å². The molecule has 0 unspecified atom stereocenters. The van der Waals surface area contributed by atoms with Crippen LogP contribution in [0.5, 0.6) is 5.75 Å². The van der Waals surface area contributed by atoms with E-state index in [2.05, 4.69) is 15.5 Å². The molecule has 1 heterocycles. The quantitative estimate of drug-likeness (QED) is 0.339. The molecular formula is C14H15FN4O2. The van der Waals surface area contributed by atoms with Crippen molar-refractivity contribution in [2.75, 3.05) is 12.4 Å². The van der Waals surface area contributed by atoms with Crippen LogP contribution < -0.4 is 15.8 Å². The number of methoxy groups -OCH3 is 1. The van der Waals surface area contributed by atoms with Crippen LogP contribution in [0.3, 0.4) is 0 Å². The van der Waals surface area contributed by atoms with Gasteiger partial charge < -0.3 is 21.0 Å². The van der Waals surface area contributed by atoms with Crippen molar-refractivity contribution in [3.05, 3.63) is 53.6 Å². The molecule has 2 rings (SSSR count). The number of oxime groups is 1. The van der Waals surface area contributed by atoms with Gasteiger partial charge in [0.1, 0.15) is 5.69 Å². The molecule has 0 aliphatic rings. The first-order chi connectivity index (χ1) is 10.2. The fourth-order valence-corrected chi connectivity index (χ4v) is 1.83. The summed E-state index contributed by atoms with van der Waals surface area (Å²) in [6, 6.07) is 8.01. The maximum absolute atomic E-state index is 13.3. The van der Waals surface area contributed by atoms with Crippen molar-refractivity contribution in [3.63, 3.8) is 0 Å². The van der Waals surface area contributed by atoms with Gasteiger partial charge in [0.15, 0.2) is 17.4 Å². The number of halogens is 1. The number of hydrogen-bond acceptors (Lipinski definition) is 5. The Morgan fingerprint density at radius 3 is 3.00 bits per heavy atom. The number of pyridine rings is 1. The molecule has 110 valence electrons. The SMILES string of the molecule is COc1cc(NCc2cccnc2/C(N)=N/O)ccc1F. The standard InChI is InChI=1S/C14H15FN4O2/c1-21-12-7-10(4-5-11(12)15)18-8-9-3-2-6-17-13(9)14(16)19-20/h2-7,18,20H,8H2,1H3,(H2,16,19). The third kappa shape index (κ3) is 3.38. The molecule has 0 radical (unpaired) electrons. The van der Waals surface area contributed by atoms with E-state index in [1.54, 1.807) is 30.5 Å². The van der Waals surface area contributed by atoms with Crippen LogP contribution in [0, 0.1) is 5.82 Å². The van der Waals surface area contributed by atoms with Crippen molar-refractivity contribution in [2.24, 2.45) is 10.9 Å². The monoisotopic (exact) mass is 290 g/mol. The Hall–Kier alpha value is -2.83. The van der Waals surface area contributed by atoms with Crippen molar-refractivity contribution < 1.29 is 14.3 Å². The largest absolute Gasteiger partial charge is 0.494 e. The molecule has 0 aliphatic heterocycles. The molecule has 0 saturated heterocycles. The van der Waals surface area contributed by atoms with E-state index in [1.807, 2.05) is 0 Å². The van der Waals surface area contributed by atoms with Crippen molar-refractivity contribution in [1.29, 1.82) is 0 Å². The molecule has 6 nitrogen and oxygen atoms in total. The van der Waals surface area contributed by atoms with Crippen molar-refractivity contribution in [2.45, 2.75) is 6.54 Å². The van der Waals surface area contributed by atoms with E-state index < -0.39 is 5.82 Å². The minimum atomic E-state index is -0.429. The van der Waals surface area contributed by atoms with Crippen LogP contribution >= 0.6 is 0 Å². The van der Waals surface area contributed by atoms with Gasteiger partial charge in [-0.3, -0.25) is 4.98 Å². The first kappa shape index (κ1) is 14.6. The number of nitrogens with one attached hydrogen (secondary N) is 1. The number of ether oxygens (including phenoxy) is 1. The highest BCUT2D eigenvalue weighted by Gasteiger charge is 2.09. The van der Waals surface area contributed by atoms with Crippen LogP contribution in [-0.4, -0.2) is 23.1 Å². The lowest BCUT2D eigenvalue weighted by molar-refractivity contribution is 0.318. The molecule has 0 spiro atoms. The minimum absolute atomic E-state index is 0.0657. The lowest BCUT2D eigenvalue weighted by Crippen LogP contribution is -2.18. The predicted octanol–water partition coefficient (Wildman–Crippen LogP) is 1.94. The molecule has 2 aromatic rings. The fourth-order valence-electron chi connectivity index (χ4n) is 1.83. The van der Waals surface area contributed by atoms with Gasteiger partial charge in [0.2, 0.25) is 0 Å². The average molecular weight is 290 g/mol. The number of benzene rings is 1. The van der Waals surface area contributed by atoms with E-state index >= 15 is 0 Å². The van der Waals surface area contributed by atoms with Crippen LogP contribution in [0.15, 0.2) is 41.7 Å². The smallest absolute Gasteiger partial charge is 0.189 e. The van der Waals surface area contributed by atoms with Crippen LogP contribution in [0.1, 0.15) is 11.3 Å². The molecule has 0 atom stereocenters. The van der Waals surface area contributed by atoms with Gasteiger partial charge in [0.25, 0.3) is 0 Å². The van der Waals surface area contributed by atoms with Gasteiger partial charge in [0, 0.05) is 30.1 Å². The summed E-state index contributed by atoms with van der Waals surface area (Å²) in [5.41, 5.74) is 7.39. The number of rotatable bonds is 5. The molecule has 1 aromatic heterocycles. The van der Waals surface area contributed by atoms with Gasteiger partial charge in [-0.25, -0.2) is 4.39 Å². The zero-order chi connectivity index (χ0) is 15.2.